The van der Waals surface area contributed by atoms with Crippen LogP contribution in [0.5, 0.6) is 0 Å². The van der Waals surface area contributed by atoms with Gasteiger partial charge in [0, 0.05) is 12.0 Å². The first-order chi connectivity index (χ1) is 14.0. The lowest BCUT2D eigenvalue weighted by Gasteiger charge is -2.26. The molecule has 0 radical (unpaired) electrons. The Balaban J connectivity index is 1.92. The van der Waals surface area contributed by atoms with Crippen LogP contribution in [0.25, 0.3) is 5.69 Å². The van der Waals surface area contributed by atoms with E-state index < -0.39 is 34.6 Å². The Hall–Kier alpha value is -3.16. The number of benzene rings is 2. The number of hydrogen-bond acceptors (Lipinski definition) is 2. The topological polar surface area (TPSA) is 46.9 Å². The van der Waals surface area contributed by atoms with Crippen LogP contribution in [0.1, 0.15) is 41.0 Å². The molecule has 1 aromatic heterocycles. The molecule has 30 heavy (non-hydrogen) atoms. The Kier molecular flexibility index (Phi) is 5.70. The van der Waals surface area contributed by atoms with Crippen molar-refractivity contribution in [1.82, 2.24) is 15.1 Å². The number of carbonyl (C=O) groups is 1. The standard InChI is InChI=1S/C22H21F4N3O/c1-14-8-4-7-11-18(14)29-19(22(24,25)26)15(12-28-29)20(30)27-13-21(2,3)16-9-5-6-10-17(16)23/h4-12H,13H2,1-3H3,(H,27,30). The van der Waals surface area contributed by atoms with E-state index in [-0.39, 0.29) is 12.2 Å². The molecule has 1 amide bonds. The molecule has 3 aromatic rings. The van der Waals surface area contributed by atoms with Crippen molar-refractivity contribution >= 4 is 5.91 Å². The maximum absolute atomic E-state index is 14.1. The molecule has 0 unspecified atom stereocenters. The van der Waals surface area contributed by atoms with E-state index in [0.717, 1.165) is 10.9 Å². The van der Waals surface area contributed by atoms with E-state index >= 15 is 0 Å². The molecule has 158 valence electrons. The number of hydrogen-bond donors (Lipinski definition) is 1. The van der Waals surface area contributed by atoms with Crippen molar-refractivity contribution in [3.05, 3.63) is 82.9 Å². The number of carbonyl (C=O) groups excluding carboxylic acids is 1. The summed E-state index contributed by atoms with van der Waals surface area (Å²) in [5.41, 5.74) is -1.40. The SMILES string of the molecule is Cc1ccccc1-n1ncc(C(=O)NCC(C)(C)c2ccccc2F)c1C(F)(F)F. The average molecular weight is 419 g/mol. The maximum atomic E-state index is 14.1. The van der Waals surface area contributed by atoms with Crippen molar-refractivity contribution in [2.45, 2.75) is 32.4 Å². The van der Waals surface area contributed by atoms with Gasteiger partial charge in [0.2, 0.25) is 0 Å². The van der Waals surface area contributed by atoms with Crippen LogP contribution in [-0.2, 0) is 11.6 Å². The van der Waals surface area contributed by atoms with Crippen LogP contribution in [0.4, 0.5) is 17.6 Å². The number of rotatable bonds is 5. The van der Waals surface area contributed by atoms with E-state index in [1.165, 1.54) is 12.1 Å². The summed E-state index contributed by atoms with van der Waals surface area (Å²) in [6.45, 7) is 5.01. The Morgan fingerprint density at radius 3 is 2.33 bits per heavy atom. The van der Waals surface area contributed by atoms with Crippen LogP contribution in [0.3, 0.4) is 0 Å². The highest BCUT2D eigenvalue weighted by atomic mass is 19.4. The summed E-state index contributed by atoms with van der Waals surface area (Å²) >= 11 is 0. The molecule has 0 bridgehead atoms. The Morgan fingerprint density at radius 2 is 1.70 bits per heavy atom. The minimum atomic E-state index is -4.80. The number of nitrogens with zero attached hydrogens (tertiary/aromatic N) is 2. The fraction of sp³-hybridized carbons (Fsp3) is 0.273. The van der Waals surface area contributed by atoms with Crippen molar-refractivity contribution in [2.24, 2.45) is 0 Å². The van der Waals surface area contributed by atoms with Crippen LogP contribution in [0.15, 0.2) is 54.7 Å². The van der Waals surface area contributed by atoms with Gasteiger partial charge in [-0.25, -0.2) is 9.07 Å². The van der Waals surface area contributed by atoms with Gasteiger partial charge in [0.05, 0.1) is 17.4 Å². The van der Waals surface area contributed by atoms with Crippen molar-refractivity contribution in [1.29, 1.82) is 0 Å². The number of alkyl halides is 3. The van der Waals surface area contributed by atoms with Gasteiger partial charge in [0.1, 0.15) is 5.82 Å². The Bertz CT molecular complexity index is 1070. The van der Waals surface area contributed by atoms with Crippen molar-refractivity contribution in [3.8, 4) is 5.69 Å². The minimum Gasteiger partial charge on any atom is -0.351 e. The van der Waals surface area contributed by atoms with Crippen LogP contribution >= 0.6 is 0 Å². The summed E-state index contributed by atoms with van der Waals surface area (Å²) < 4.78 is 56.3. The molecular formula is C22H21F4N3O. The normalized spacial score (nSPS) is 12.1. The highest BCUT2D eigenvalue weighted by molar-refractivity contribution is 5.95. The lowest BCUT2D eigenvalue weighted by atomic mass is 9.84. The van der Waals surface area contributed by atoms with Crippen LogP contribution in [-0.4, -0.2) is 22.2 Å². The maximum Gasteiger partial charge on any atom is 0.434 e. The molecule has 0 atom stereocenters. The van der Waals surface area contributed by atoms with E-state index in [9.17, 15) is 22.4 Å². The fourth-order valence-corrected chi connectivity index (χ4v) is 3.27. The molecule has 0 saturated carbocycles. The molecule has 0 aliphatic carbocycles. The summed E-state index contributed by atoms with van der Waals surface area (Å²) in [6.07, 6.45) is -3.90. The number of aromatic nitrogens is 2. The van der Waals surface area contributed by atoms with Gasteiger partial charge in [-0.05, 0) is 30.2 Å². The first-order valence-corrected chi connectivity index (χ1v) is 9.27. The summed E-state index contributed by atoms with van der Waals surface area (Å²) in [5, 5.41) is 6.33. The zero-order valence-corrected chi connectivity index (χ0v) is 16.7. The van der Waals surface area contributed by atoms with Crippen LogP contribution in [0.2, 0.25) is 0 Å². The average Bonchev–Trinajstić information content (AvgIpc) is 3.12. The van der Waals surface area contributed by atoms with E-state index in [0.29, 0.717) is 11.1 Å². The fourth-order valence-electron chi connectivity index (χ4n) is 3.27. The van der Waals surface area contributed by atoms with E-state index in [1.54, 1.807) is 57.2 Å². The first kappa shape index (κ1) is 21.5. The molecule has 4 nitrogen and oxygen atoms in total. The second kappa shape index (κ2) is 7.93. The molecule has 0 aliphatic rings. The zero-order chi connectivity index (χ0) is 22.1. The van der Waals surface area contributed by atoms with Gasteiger partial charge < -0.3 is 5.32 Å². The molecular weight excluding hydrogens is 398 g/mol. The van der Waals surface area contributed by atoms with Gasteiger partial charge in [-0.15, -0.1) is 0 Å². The zero-order valence-electron chi connectivity index (χ0n) is 16.7. The van der Waals surface area contributed by atoms with Crippen molar-refractivity contribution in [3.63, 3.8) is 0 Å². The highest BCUT2D eigenvalue weighted by Crippen LogP contribution is 2.34. The third-order valence-corrected chi connectivity index (χ3v) is 4.92. The Morgan fingerprint density at radius 1 is 1.07 bits per heavy atom. The molecule has 8 heteroatoms. The number of nitrogens with one attached hydrogen (secondary N) is 1. The molecule has 1 heterocycles. The lowest BCUT2D eigenvalue weighted by Crippen LogP contribution is -2.38. The van der Waals surface area contributed by atoms with Crippen LogP contribution in [0, 0.1) is 12.7 Å². The summed E-state index contributed by atoms with van der Waals surface area (Å²) in [4.78, 5) is 12.6. The van der Waals surface area contributed by atoms with E-state index in [2.05, 4.69) is 10.4 Å². The molecule has 1 N–H and O–H groups in total. The Labute approximate surface area is 171 Å². The second-order valence-corrected chi connectivity index (χ2v) is 7.65. The second-order valence-electron chi connectivity index (χ2n) is 7.65. The molecule has 0 fully saturated rings. The van der Waals surface area contributed by atoms with E-state index in [4.69, 9.17) is 0 Å². The van der Waals surface area contributed by atoms with Gasteiger partial charge in [-0.1, -0.05) is 50.2 Å². The van der Waals surface area contributed by atoms with Gasteiger partial charge in [-0.2, -0.15) is 18.3 Å². The van der Waals surface area contributed by atoms with Gasteiger partial charge in [-0.3, -0.25) is 4.79 Å². The third-order valence-electron chi connectivity index (χ3n) is 4.92. The molecule has 0 aliphatic heterocycles. The van der Waals surface area contributed by atoms with Gasteiger partial charge >= 0.3 is 6.18 Å². The summed E-state index contributed by atoms with van der Waals surface area (Å²) in [5.74, 6) is -1.37. The quantitative estimate of drug-likeness (QED) is 0.589. The number of halogens is 4. The van der Waals surface area contributed by atoms with Gasteiger partial charge in [0.15, 0.2) is 5.69 Å². The first-order valence-electron chi connectivity index (χ1n) is 9.27. The molecule has 0 saturated heterocycles. The monoisotopic (exact) mass is 419 g/mol. The molecule has 2 aromatic carbocycles. The number of para-hydroxylation sites is 1. The number of aryl methyl sites for hydroxylation is 1. The van der Waals surface area contributed by atoms with Gasteiger partial charge in [0.25, 0.3) is 5.91 Å². The highest BCUT2D eigenvalue weighted by Gasteiger charge is 2.41. The number of amides is 1. The predicted octanol–water partition coefficient (Wildman–Crippen LogP) is 5.05. The largest absolute Gasteiger partial charge is 0.434 e. The van der Waals surface area contributed by atoms with Crippen LogP contribution < -0.4 is 5.32 Å². The smallest absolute Gasteiger partial charge is 0.351 e. The summed E-state index contributed by atoms with van der Waals surface area (Å²) in [6, 6.07) is 12.5. The van der Waals surface area contributed by atoms with Crippen molar-refractivity contribution < 1.29 is 22.4 Å². The molecule has 0 spiro atoms. The summed E-state index contributed by atoms with van der Waals surface area (Å²) in [7, 11) is 0. The van der Waals surface area contributed by atoms with Crippen molar-refractivity contribution in [2.75, 3.05) is 6.54 Å². The minimum absolute atomic E-state index is 0.0559. The predicted molar refractivity (Wildman–Crippen MR) is 105 cm³/mol. The third kappa shape index (κ3) is 4.22. The van der Waals surface area contributed by atoms with E-state index in [1.807, 2.05) is 0 Å². The molecule has 3 rings (SSSR count). The lowest BCUT2D eigenvalue weighted by molar-refractivity contribution is -0.143.